The highest BCUT2D eigenvalue weighted by Crippen LogP contribution is 2.14. The Bertz CT molecular complexity index is 465. The number of carboxylic acids is 1. The molecule has 0 aliphatic heterocycles. The van der Waals surface area contributed by atoms with E-state index in [0.29, 0.717) is 12.3 Å². The highest BCUT2D eigenvalue weighted by molar-refractivity contribution is 5.74. The number of carbonyl (C=O) groups is 1. The fourth-order valence-corrected chi connectivity index (χ4v) is 1.58. The molecule has 0 fully saturated rings. The van der Waals surface area contributed by atoms with Crippen LogP contribution in [0.2, 0.25) is 0 Å². The van der Waals surface area contributed by atoms with E-state index in [1.165, 1.54) is 6.26 Å². The van der Waals surface area contributed by atoms with Crippen LogP contribution in [0.25, 0.3) is 0 Å². The molecule has 4 nitrogen and oxygen atoms in total. The molecule has 88 valence electrons. The minimum Gasteiger partial charge on any atom is -0.480 e. The summed E-state index contributed by atoms with van der Waals surface area (Å²) in [4.78, 5) is 11.1. The van der Waals surface area contributed by atoms with Gasteiger partial charge in [-0.1, -0.05) is 30.3 Å². The van der Waals surface area contributed by atoms with Crippen molar-refractivity contribution in [3.63, 3.8) is 0 Å². The minimum atomic E-state index is -0.948. The van der Waals surface area contributed by atoms with E-state index >= 15 is 0 Å². The number of nitrogens with one attached hydrogen (secondary N) is 1. The molecule has 0 saturated carbocycles. The van der Waals surface area contributed by atoms with E-state index in [-0.39, 0.29) is 0 Å². The summed E-state index contributed by atoms with van der Waals surface area (Å²) in [6, 6.07) is 12.1. The van der Waals surface area contributed by atoms with Crippen molar-refractivity contribution in [2.24, 2.45) is 0 Å². The SMILES string of the molecule is O=C(O)[C@H](NCc1ccccc1)c1ccco1. The topological polar surface area (TPSA) is 62.5 Å². The first kappa shape index (κ1) is 11.4. The molecule has 17 heavy (non-hydrogen) atoms. The zero-order valence-electron chi connectivity index (χ0n) is 9.17. The molecule has 0 bridgehead atoms. The fourth-order valence-electron chi connectivity index (χ4n) is 1.58. The molecule has 1 heterocycles. The van der Waals surface area contributed by atoms with Gasteiger partial charge in [0.2, 0.25) is 0 Å². The molecule has 1 aromatic heterocycles. The maximum absolute atomic E-state index is 11.1. The van der Waals surface area contributed by atoms with Gasteiger partial charge >= 0.3 is 5.97 Å². The zero-order chi connectivity index (χ0) is 12.1. The molecule has 4 heteroatoms. The first-order valence-corrected chi connectivity index (χ1v) is 5.31. The summed E-state index contributed by atoms with van der Waals surface area (Å²) in [5, 5.41) is 12.0. The van der Waals surface area contributed by atoms with Crippen LogP contribution in [0.4, 0.5) is 0 Å². The predicted molar refractivity (Wildman–Crippen MR) is 62.4 cm³/mol. The van der Waals surface area contributed by atoms with Crippen molar-refractivity contribution in [3.8, 4) is 0 Å². The van der Waals surface area contributed by atoms with E-state index in [9.17, 15) is 4.79 Å². The van der Waals surface area contributed by atoms with Gasteiger partial charge in [-0.2, -0.15) is 0 Å². The average Bonchev–Trinajstić information content (AvgIpc) is 2.84. The Morgan fingerprint density at radius 3 is 2.59 bits per heavy atom. The van der Waals surface area contributed by atoms with Gasteiger partial charge in [0.25, 0.3) is 0 Å². The molecular formula is C13H13NO3. The Labute approximate surface area is 98.9 Å². The average molecular weight is 231 g/mol. The zero-order valence-corrected chi connectivity index (χ0v) is 9.17. The molecule has 2 rings (SSSR count). The van der Waals surface area contributed by atoms with Gasteiger partial charge in [-0.15, -0.1) is 0 Å². The van der Waals surface area contributed by atoms with Crippen molar-refractivity contribution in [1.29, 1.82) is 0 Å². The lowest BCUT2D eigenvalue weighted by Crippen LogP contribution is -2.27. The van der Waals surface area contributed by atoms with Gasteiger partial charge in [0.15, 0.2) is 6.04 Å². The number of aliphatic carboxylic acids is 1. The van der Waals surface area contributed by atoms with Gasteiger partial charge in [0.1, 0.15) is 5.76 Å². The molecule has 0 amide bonds. The van der Waals surface area contributed by atoms with E-state index in [1.54, 1.807) is 12.1 Å². The number of furan rings is 1. The second kappa shape index (κ2) is 5.32. The maximum Gasteiger partial charge on any atom is 0.328 e. The number of hydrogen-bond donors (Lipinski definition) is 2. The third-order valence-corrected chi connectivity index (χ3v) is 2.43. The molecule has 0 aliphatic carbocycles. The normalized spacial score (nSPS) is 12.2. The third kappa shape index (κ3) is 2.95. The Kier molecular flexibility index (Phi) is 3.57. The second-order valence-electron chi connectivity index (χ2n) is 3.65. The van der Waals surface area contributed by atoms with Crippen LogP contribution in [0.3, 0.4) is 0 Å². The highest BCUT2D eigenvalue weighted by atomic mass is 16.4. The summed E-state index contributed by atoms with van der Waals surface area (Å²) in [7, 11) is 0. The Morgan fingerprint density at radius 2 is 2.00 bits per heavy atom. The standard InChI is InChI=1S/C13H13NO3/c15-13(16)12(11-7-4-8-17-11)14-9-10-5-2-1-3-6-10/h1-8,12,14H,9H2,(H,15,16)/t12-/m1/s1. The van der Waals surface area contributed by atoms with Crippen LogP contribution in [0.1, 0.15) is 17.4 Å². The first-order chi connectivity index (χ1) is 8.27. The summed E-state index contributed by atoms with van der Waals surface area (Å²) in [6.45, 7) is 0.485. The van der Waals surface area contributed by atoms with Crippen LogP contribution in [0, 0.1) is 0 Å². The Balaban J connectivity index is 2.03. The van der Waals surface area contributed by atoms with Gasteiger partial charge in [0, 0.05) is 6.54 Å². The van der Waals surface area contributed by atoms with Crippen molar-refractivity contribution >= 4 is 5.97 Å². The lowest BCUT2D eigenvalue weighted by Gasteiger charge is -2.11. The third-order valence-electron chi connectivity index (χ3n) is 2.43. The van der Waals surface area contributed by atoms with Crippen molar-refractivity contribution in [2.75, 3.05) is 0 Å². The lowest BCUT2D eigenvalue weighted by molar-refractivity contribution is -0.140. The van der Waals surface area contributed by atoms with Gasteiger partial charge in [-0.3, -0.25) is 10.1 Å². The second-order valence-corrected chi connectivity index (χ2v) is 3.65. The van der Waals surface area contributed by atoms with Crippen LogP contribution in [0.15, 0.2) is 53.1 Å². The molecule has 2 N–H and O–H groups in total. The summed E-state index contributed by atoms with van der Waals surface area (Å²) in [5.74, 6) is -0.538. The van der Waals surface area contributed by atoms with Crippen LogP contribution in [-0.4, -0.2) is 11.1 Å². The molecular weight excluding hydrogens is 218 g/mol. The number of carboxylic acid groups (broad SMARTS) is 1. The monoisotopic (exact) mass is 231 g/mol. The van der Waals surface area contributed by atoms with Crippen LogP contribution >= 0.6 is 0 Å². The van der Waals surface area contributed by atoms with Crippen molar-refractivity contribution in [2.45, 2.75) is 12.6 Å². The van der Waals surface area contributed by atoms with Crippen molar-refractivity contribution in [1.82, 2.24) is 5.32 Å². The molecule has 0 unspecified atom stereocenters. The van der Waals surface area contributed by atoms with Gasteiger partial charge < -0.3 is 9.52 Å². The van der Waals surface area contributed by atoms with E-state index in [1.807, 2.05) is 30.3 Å². The Hall–Kier alpha value is -2.07. The molecule has 1 atom stereocenters. The number of rotatable bonds is 5. The van der Waals surface area contributed by atoms with E-state index in [2.05, 4.69) is 5.32 Å². The summed E-state index contributed by atoms with van der Waals surface area (Å²) < 4.78 is 5.10. The molecule has 1 aromatic carbocycles. The Morgan fingerprint density at radius 1 is 1.24 bits per heavy atom. The summed E-state index contributed by atoms with van der Waals surface area (Å²) >= 11 is 0. The maximum atomic E-state index is 11.1. The number of hydrogen-bond acceptors (Lipinski definition) is 3. The number of benzene rings is 1. The minimum absolute atomic E-state index is 0.411. The van der Waals surface area contributed by atoms with Crippen molar-refractivity contribution in [3.05, 3.63) is 60.1 Å². The molecule has 0 aliphatic rings. The quantitative estimate of drug-likeness (QED) is 0.828. The van der Waals surface area contributed by atoms with E-state index < -0.39 is 12.0 Å². The molecule has 0 spiro atoms. The van der Waals surface area contributed by atoms with Crippen LogP contribution in [0.5, 0.6) is 0 Å². The highest BCUT2D eigenvalue weighted by Gasteiger charge is 2.21. The smallest absolute Gasteiger partial charge is 0.328 e. The lowest BCUT2D eigenvalue weighted by atomic mass is 10.2. The van der Waals surface area contributed by atoms with Gasteiger partial charge in [-0.25, -0.2) is 0 Å². The van der Waals surface area contributed by atoms with E-state index in [0.717, 1.165) is 5.56 Å². The van der Waals surface area contributed by atoms with E-state index in [4.69, 9.17) is 9.52 Å². The fraction of sp³-hybridized carbons (Fsp3) is 0.154. The first-order valence-electron chi connectivity index (χ1n) is 5.31. The van der Waals surface area contributed by atoms with Gasteiger partial charge in [0.05, 0.1) is 6.26 Å². The summed E-state index contributed by atoms with van der Waals surface area (Å²) in [5.41, 5.74) is 1.03. The molecule has 2 aromatic rings. The largest absolute Gasteiger partial charge is 0.480 e. The molecule has 0 saturated heterocycles. The van der Waals surface area contributed by atoms with Gasteiger partial charge in [-0.05, 0) is 17.7 Å². The summed E-state index contributed by atoms with van der Waals surface area (Å²) in [6.07, 6.45) is 1.47. The van der Waals surface area contributed by atoms with Crippen LogP contribution in [-0.2, 0) is 11.3 Å². The van der Waals surface area contributed by atoms with Crippen molar-refractivity contribution < 1.29 is 14.3 Å². The molecule has 0 radical (unpaired) electrons. The van der Waals surface area contributed by atoms with Crippen LogP contribution < -0.4 is 5.32 Å². The predicted octanol–water partition coefficient (Wildman–Crippen LogP) is 2.20.